The summed E-state index contributed by atoms with van der Waals surface area (Å²) in [6, 6.07) is 6.80. The first kappa shape index (κ1) is 11.7. The molecule has 0 heterocycles. The lowest BCUT2D eigenvalue weighted by Gasteiger charge is -2.06. The predicted octanol–water partition coefficient (Wildman–Crippen LogP) is 2.69. The van der Waals surface area contributed by atoms with Crippen molar-refractivity contribution in [2.45, 2.75) is 0 Å². The molecule has 0 aromatic heterocycles. The number of hydrogen-bond donors (Lipinski definition) is 2. The highest BCUT2D eigenvalue weighted by Crippen LogP contribution is 2.13. The van der Waals surface area contributed by atoms with Gasteiger partial charge in [0.25, 0.3) is 0 Å². The molecule has 4 nitrogen and oxygen atoms in total. The van der Waals surface area contributed by atoms with Crippen molar-refractivity contribution >= 4 is 27.6 Å². The van der Waals surface area contributed by atoms with E-state index < -0.39 is 6.03 Å². The number of rotatable bonds is 4. The molecule has 1 aromatic carbocycles. The Kier molecular flexibility index (Phi) is 4.86. The van der Waals surface area contributed by atoms with Crippen molar-refractivity contribution in [2.24, 2.45) is 0 Å². The molecule has 0 aliphatic heterocycles. The summed E-state index contributed by atoms with van der Waals surface area (Å²) in [6.07, 6.45) is 1.54. The van der Waals surface area contributed by atoms with Gasteiger partial charge in [0.1, 0.15) is 0 Å². The monoisotopic (exact) mass is 270 g/mol. The number of hydroxylamine groups is 1. The number of halogens is 1. The van der Waals surface area contributed by atoms with Crippen LogP contribution in [-0.2, 0) is 4.84 Å². The summed E-state index contributed by atoms with van der Waals surface area (Å²) in [5.41, 5.74) is 2.91. The lowest BCUT2D eigenvalue weighted by Crippen LogP contribution is -2.28. The zero-order valence-electron chi connectivity index (χ0n) is 8.00. The second-order valence-electron chi connectivity index (χ2n) is 2.66. The molecule has 0 unspecified atom stereocenters. The number of anilines is 1. The van der Waals surface area contributed by atoms with Crippen LogP contribution >= 0.6 is 15.9 Å². The van der Waals surface area contributed by atoms with Gasteiger partial charge < -0.3 is 5.32 Å². The Morgan fingerprint density at radius 2 is 2.13 bits per heavy atom. The molecule has 0 saturated heterocycles. The van der Waals surface area contributed by atoms with E-state index in [-0.39, 0.29) is 6.61 Å². The van der Waals surface area contributed by atoms with Crippen LogP contribution in [-0.4, -0.2) is 12.6 Å². The maximum Gasteiger partial charge on any atom is 0.343 e. The van der Waals surface area contributed by atoms with E-state index in [0.717, 1.165) is 4.47 Å². The molecule has 0 radical (unpaired) electrons. The first-order valence-electron chi connectivity index (χ1n) is 4.27. The molecule has 1 aromatic rings. The Morgan fingerprint density at radius 3 is 2.73 bits per heavy atom. The number of amides is 2. The molecule has 0 bridgehead atoms. The van der Waals surface area contributed by atoms with Gasteiger partial charge in [-0.25, -0.2) is 10.3 Å². The fourth-order valence-electron chi connectivity index (χ4n) is 0.856. The zero-order chi connectivity index (χ0) is 11.1. The molecule has 0 aliphatic rings. The van der Waals surface area contributed by atoms with E-state index in [4.69, 9.17) is 4.84 Å². The van der Waals surface area contributed by atoms with E-state index >= 15 is 0 Å². The SMILES string of the molecule is C=CCONC(=O)Nc1ccc(Br)cc1. The van der Waals surface area contributed by atoms with E-state index in [1.807, 2.05) is 12.1 Å². The van der Waals surface area contributed by atoms with Crippen LogP contribution in [0.15, 0.2) is 41.4 Å². The number of nitrogens with one attached hydrogen (secondary N) is 2. The highest BCUT2D eigenvalue weighted by molar-refractivity contribution is 9.10. The maximum atomic E-state index is 11.2. The van der Waals surface area contributed by atoms with E-state index in [1.165, 1.54) is 0 Å². The largest absolute Gasteiger partial charge is 0.343 e. The fourth-order valence-corrected chi connectivity index (χ4v) is 1.12. The van der Waals surface area contributed by atoms with Crippen LogP contribution in [0.25, 0.3) is 0 Å². The van der Waals surface area contributed by atoms with Crippen molar-refractivity contribution < 1.29 is 9.63 Å². The van der Waals surface area contributed by atoms with Crippen LogP contribution in [0.5, 0.6) is 0 Å². The summed E-state index contributed by atoms with van der Waals surface area (Å²) in [6.45, 7) is 3.72. The van der Waals surface area contributed by atoms with E-state index in [0.29, 0.717) is 5.69 Å². The molecule has 0 spiro atoms. The summed E-state index contributed by atoms with van der Waals surface area (Å²) < 4.78 is 0.955. The van der Waals surface area contributed by atoms with Crippen LogP contribution in [0, 0.1) is 0 Å². The summed E-state index contributed by atoms with van der Waals surface area (Å²) in [5.74, 6) is 0. The van der Waals surface area contributed by atoms with Gasteiger partial charge in [0.05, 0.1) is 6.61 Å². The lowest BCUT2D eigenvalue weighted by molar-refractivity contribution is 0.0872. The molecule has 2 N–H and O–H groups in total. The lowest BCUT2D eigenvalue weighted by atomic mass is 10.3. The van der Waals surface area contributed by atoms with Crippen molar-refractivity contribution in [3.63, 3.8) is 0 Å². The molecule has 2 amide bonds. The van der Waals surface area contributed by atoms with Crippen molar-refractivity contribution in [2.75, 3.05) is 11.9 Å². The van der Waals surface area contributed by atoms with E-state index in [1.54, 1.807) is 18.2 Å². The Morgan fingerprint density at radius 1 is 1.47 bits per heavy atom. The minimum absolute atomic E-state index is 0.272. The van der Waals surface area contributed by atoms with Gasteiger partial charge in [0.2, 0.25) is 0 Å². The maximum absolute atomic E-state index is 11.2. The second kappa shape index (κ2) is 6.21. The minimum Gasteiger partial charge on any atom is -0.306 e. The second-order valence-corrected chi connectivity index (χ2v) is 3.58. The standard InChI is InChI=1S/C10H11BrN2O2/c1-2-7-15-13-10(14)12-9-5-3-8(11)4-6-9/h2-6H,1,7H2,(H2,12,13,14). The van der Waals surface area contributed by atoms with Gasteiger partial charge in [0, 0.05) is 10.2 Å². The van der Waals surface area contributed by atoms with E-state index in [9.17, 15) is 4.79 Å². The first-order chi connectivity index (χ1) is 7.22. The summed E-state index contributed by atoms with van der Waals surface area (Å²) >= 11 is 3.30. The van der Waals surface area contributed by atoms with Gasteiger partial charge in [0.15, 0.2) is 0 Å². The quantitative estimate of drug-likeness (QED) is 0.502. The van der Waals surface area contributed by atoms with Gasteiger partial charge in [-0.05, 0) is 24.3 Å². The zero-order valence-corrected chi connectivity index (χ0v) is 9.58. The smallest absolute Gasteiger partial charge is 0.306 e. The average molecular weight is 271 g/mol. The number of carbonyl (C=O) groups is 1. The molecule has 5 heteroatoms. The van der Waals surface area contributed by atoms with Crippen LogP contribution in [0.1, 0.15) is 0 Å². The number of hydrogen-bond acceptors (Lipinski definition) is 2. The van der Waals surface area contributed by atoms with Gasteiger partial charge in [-0.1, -0.05) is 22.0 Å². The summed E-state index contributed by atoms with van der Waals surface area (Å²) in [7, 11) is 0. The molecule has 0 fully saturated rings. The van der Waals surface area contributed by atoms with Crippen LogP contribution < -0.4 is 10.8 Å². The van der Waals surface area contributed by atoms with Crippen LogP contribution in [0.2, 0.25) is 0 Å². The van der Waals surface area contributed by atoms with Crippen molar-refractivity contribution in [3.05, 3.63) is 41.4 Å². The third kappa shape index (κ3) is 4.62. The molecule has 1 rings (SSSR count). The third-order valence-corrected chi connectivity index (χ3v) is 2.00. The molecular weight excluding hydrogens is 260 g/mol. The number of urea groups is 1. The predicted molar refractivity (Wildman–Crippen MR) is 62.4 cm³/mol. The van der Waals surface area contributed by atoms with Crippen molar-refractivity contribution in [1.82, 2.24) is 5.48 Å². The molecule has 15 heavy (non-hydrogen) atoms. The van der Waals surface area contributed by atoms with Crippen molar-refractivity contribution in [1.29, 1.82) is 0 Å². The summed E-state index contributed by atoms with van der Waals surface area (Å²) in [5, 5.41) is 2.60. The first-order valence-corrected chi connectivity index (χ1v) is 5.07. The summed E-state index contributed by atoms with van der Waals surface area (Å²) in [4.78, 5) is 15.9. The normalized spacial score (nSPS) is 9.40. The Balaban J connectivity index is 2.37. The molecule has 0 atom stereocenters. The molecule has 0 saturated carbocycles. The van der Waals surface area contributed by atoms with Gasteiger partial charge >= 0.3 is 6.03 Å². The van der Waals surface area contributed by atoms with Crippen LogP contribution in [0.4, 0.5) is 10.5 Å². The molecule has 0 aliphatic carbocycles. The van der Waals surface area contributed by atoms with Gasteiger partial charge in [-0.3, -0.25) is 4.84 Å². The van der Waals surface area contributed by atoms with Crippen LogP contribution in [0.3, 0.4) is 0 Å². The molecule has 80 valence electrons. The van der Waals surface area contributed by atoms with Gasteiger partial charge in [-0.15, -0.1) is 6.58 Å². The Bertz CT molecular complexity index is 338. The Hall–Kier alpha value is -1.33. The fraction of sp³-hybridized carbons (Fsp3) is 0.100. The van der Waals surface area contributed by atoms with Gasteiger partial charge in [-0.2, -0.15) is 0 Å². The van der Waals surface area contributed by atoms with E-state index in [2.05, 4.69) is 33.3 Å². The number of benzene rings is 1. The minimum atomic E-state index is -0.417. The highest BCUT2D eigenvalue weighted by Gasteiger charge is 1.99. The number of carbonyl (C=O) groups excluding carboxylic acids is 1. The third-order valence-electron chi connectivity index (χ3n) is 1.47. The Labute approximate surface area is 96.4 Å². The van der Waals surface area contributed by atoms with Crippen molar-refractivity contribution in [3.8, 4) is 0 Å². The average Bonchev–Trinajstić information content (AvgIpc) is 2.22. The topological polar surface area (TPSA) is 50.4 Å². The molecular formula is C10H11BrN2O2. The highest BCUT2D eigenvalue weighted by atomic mass is 79.9.